The molecule has 3 aromatic heterocycles. The number of aryl methyl sites for hydroxylation is 1. The molecular weight excluding hydrogens is 494 g/mol. The topological polar surface area (TPSA) is 115 Å². The van der Waals surface area contributed by atoms with Crippen LogP contribution >= 0.6 is 0 Å². The predicted molar refractivity (Wildman–Crippen MR) is 154 cm³/mol. The van der Waals surface area contributed by atoms with E-state index in [9.17, 15) is 9.59 Å². The Kier molecular flexibility index (Phi) is 7.09. The van der Waals surface area contributed by atoms with Gasteiger partial charge in [0.2, 0.25) is 5.95 Å². The van der Waals surface area contributed by atoms with Crippen molar-refractivity contribution in [2.24, 2.45) is 0 Å². The largest absolute Gasteiger partial charge is 0.368 e. The average molecular weight is 530 g/mol. The fourth-order valence-electron chi connectivity index (χ4n) is 5.25. The molecule has 39 heavy (non-hydrogen) atoms. The molecule has 0 amide bonds. The first-order valence-corrected chi connectivity index (χ1v) is 13.2. The number of piperazine rings is 1. The molecule has 1 aliphatic heterocycles. The fraction of sp³-hybridized carbons (Fsp3) is 0.393. The number of hydrogen-bond acceptors (Lipinski definition) is 8. The second-order valence-electron chi connectivity index (χ2n) is 10.5. The van der Waals surface area contributed by atoms with Crippen molar-refractivity contribution in [2.45, 2.75) is 59.3 Å². The van der Waals surface area contributed by atoms with Crippen molar-refractivity contribution in [1.82, 2.24) is 34.4 Å². The molecule has 11 heteroatoms. The minimum absolute atomic E-state index is 0.149. The van der Waals surface area contributed by atoms with Gasteiger partial charge in [-0.25, -0.2) is 19.0 Å². The van der Waals surface area contributed by atoms with E-state index >= 15 is 0 Å². The van der Waals surface area contributed by atoms with Gasteiger partial charge < -0.3 is 15.5 Å². The Bertz CT molecular complexity index is 1640. The summed E-state index contributed by atoms with van der Waals surface area (Å²) in [6.07, 6.45) is 3.15. The van der Waals surface area contributed by atoms with Gasteiger partial charge in [-0.05, 0) is 64.4 Å². The number of nitrogens with one attached hydrogen (secondary N) is 2. The predicted octanol–water partition coefficient (Wildman–Crippen LogP) is 3.14. The standard InChI is InChI=1S/C28H35N9O2/c1-7-12-35-27(39)22-14-29-28(32-26(22)37(35)24-10-11-25(38)36(33-24)17(2)3)31-21-8-9-23(18(4)13-21)34-15-19(5)30-20(6)16-34/h7-11,13-14,17,19-20,30H,1,12,15-16H2,2-6H3,(H,29,31,32). The van der Waals surface area contributed by atoms with E-state index in [-0.39, 0.29) is 23.7 Å². The second-order valence-corrected chi connectivity index (χ2v) is 10.5. The number of allylic oxidation sites excluding steroid dienone is 1. The Morgan fingerprint density at radius 2 is 1.90 bits per heavy atom. The maximum atomic E-state index is 13.2. The molecule has 1 aromatic carbocycles. The van der Waals surface area contributed by atoms with Crippen LogP contribution in [-0.4, -0.2) is 54.3 Å². The van der Waals surface area contributed by atoms with Gasteiger partial charge in [-0.3, -0.25) is 9.59 Å². The van der Waals surface area contributed by atoms with E-state index in [0.29, 0.717) is 34.9 Å². The number of anilines is 3. The van der Waals surface area contributed by atoms with Crippen LogP contribution in [0.2, 0.25) is 0 Å². The van der Waals surface area contributed by atoms with Gasteiger partial charge in [-0.1, -0.05) is 6.08 Å². The third kappa shape index (κ3) is 5.09. The molecule has 4 aromatic rings. The van der Waals surface area contributed by atoms with E-state index in [0.717, 1.165) is 24.3 Å². The first kappa shape index (κ1) is 26.4. The summed E-state index contributed by atoms with van der Waals surface area (Å²) < 4.78 is 4.49. The van der Waals surface area contributed by atoms with Gasteiger partial charge >= 0.3 is 0 Å². The lowest BCUT2D eigenvalue weighted by Gasteiger charge is -2.38. The minimum Gasteiger partial charge on any atom is -0.368 e. The van der Waals surface area contributed by atoms with Gasteiger partial charge in [0.25, 0.3) is 11.1 Å². The fourth-order valence-corrected chi connectivity index (χ4v) is 5.25. The summed E-state index contributed by atoms with van der Waals surface area (Å²) in [5.74, 6) is 0.752. The molecular formula is C28H35N9O2. The van der Waals surface area contributed by atoms with Gasteiger partial charge in [-0.15, -0.1) is 11.7 Å². The molecule has 2 N–H and O–H groups in total. The van der Waals surface area contributed by atoms with Crippen LogP contribution in [0.15, 0.2) is 58.8 Å². The SMILES string of the molecule is C=CCn1c(=O)c2cnc(Nc3ccc(N4CC(C)NC(C)C4)c(C)c3)nc2n1-c1ccc(=O)n(C(C)C)n1. The zero-order valence-electron chi connectivity index (χ0n) is 23.0. The van der Waals surface area contributed by atoms with Crippen molar-refractivity contribution < 1.29 is 0 Å². The van der Waals surface area contributed by atoms with E-state index in [1.165, 1.54) is 27.3 Å². The Morgan fingerprint density at radius 1 is 1.15 bits per heavy atom. The third-order valence-electron chi connectivity index (χ3n) is 6.85. The number of aromatic nitrogens is 6. The van der Waals surface area contributed by atoms with Crippen molar-refractivity contribution in [1.29, 1.82) is 0 Å². The lowest BCUT2D eigenvalue weighted by atomic mass is 10.1. The van der Waals surface area contributed by atoms with Gasteiger partial charge in [0.05, 0.1) is 12.6 Å². The molecule has 204 valence electrons. The van der Waals surface area contributed by atoms with E-state index in [1.54, 1.807) is 16.8 Å². The molecule has 0 saturated carbocycles. The molecule has 2 atom stereocenters. The highest BCUT2D eigenvalue weighted by Crippen LogP contribution is 2.27. The normalized spacial score (nSPS) is 17.6. The molecule has 11 nitrogen and oxygen atoms in total. The van der Waals surface area contributed by atoms with Crippen LogP contribution in [0.25, 0.3) is 16.9 Å². The van der Waals surface area contributed by atoms with Crippen LogP contribution < -0.4 is 26.7 Å². The summed E-state index contributed by atoms with van der Waals surface area (Å²) in [5, 5.41) is 11.7. The second kappa shape index (κ2) is 10.5. The maximum Gasteiger partial charge on any atom is 0.278 e. The molecule has 0 aliphatic carbocycles. The van der Waals surface area contributed by atoms with E-state index in [2.05, 4.69) is 65.1 Å². The van der Waals surface area contributed by atoms with E-state index < -0.39 is 0 Å². The molecule has 0 bridgehead atoms. The van der Waals surface area contributed by atoms with Crippen LogP contribution in [0.3, 0.4) is 0 Å². The summed E-state index contributed by atoms with van der Waals surface area (Å²) in [4.78, 5) is 37.1. The van der Waals surface area contributed by atoms with Crippen LogP contribution in [0.4, 0.5) is 17.3 Å². The molecule has 1 saturated heterocycles. The molecule has 1 aliphatic rings. The Morgan fingerprint density at radius 3 is 2.56 bits per heavy atom. The number of benzene rings is 1. The number of rotatable bonds is 7. The quantitative estimate of drug-likeness (QED) is 0.351. The molecule has 2 unspecified atom stereocenters. The van der Waals surface area contributed by atoms with Crippen LogP contribution in [0.1, 0.15) is 39.3 Å². The molecule has 0 spiro atoms. The summed E-state index contributed by atoms with van der Waals surface area (Å²) in [7, 11) is 0. The Labute approximate surface area is 226 Å². The lowest BCUT2D eigenvalue weighted by Crippen LogP contribution is -2.54. The van der Waals surface area contributed by atoms with Crippen molar-refractivity contribution >= 4 is 28.4 Å². The van der Waals surface area contributed by atoms with Crippen LogP contribution in [0, 0.1) is 6.92 Å². The minimum atomic E-state index is -0.264. The summed E-state index contributed by atoms with van der Waals surface area (Å²) in [5.41, 5.74) is 3.11. The zero-order valence-corrected chi connectivity index (χ0v) is 23.0. The summed E-state index contributed by atoms with van der Waals surface area (Å²) in [6, 6.07) is 9.95. The molecule has 4 heterocycles. The Balaban J connectivity index is 1.53. The van der Waals surface area contributed by atoms with Crippen molar-refractivity contribution in [2.75, 3.05) is 23.3 Å². The van der Waals surface area contributed by atoms with Gasteiger partial charge in [0.1, 0.15) is 5.39 Å². The molecule has 0 radical (unpaired) electrons. The summed E-state index contributed by atoms with van der Waals surface area (Å²) >= 11 is 0. The van der Waals surface area contributed by atoms with Crippen LogP contribution in [0.5, 0.6) is 0 Å². The number of hydrogen-bond donors (Lipinski definition) is 2. The highest BCUT2D eigenvalue weighted by molar-refractivity contribution is 5.77. The van der Waals surface area contributed by atoms with E-state index in [4.69, 9.17) is 4.98 Å². The monoisotopic (exact) mass is 529 g/mol. The van der Waals surface area contributed by atoms with Crippen molar-refractivity contribution in [3.8, 4) is 5.82 Å². The van der Waals surface area contributed by atoms with Gasteiger partial charge in [-0.2, -0.15) is 4.98 Å². The first-order valence-electron chi connectivity index (χ1n) is 13.2. The van der Waals surface area contributed by atoms with Crippen molar-refractivity contribution in [3.63, 3.8) is 0 Å². The van der Waals surface area contributed by atoms with Crippen LogP contribution in [-0.2, 0) is 6.54 Å². The first-order chi connectivity index (χ1) is 18.7. The average Bonchev–Trinajstić information content (AvgIpc) is 3.14. The molecule has 5 rings (SSSR count). The maximum absolute atomic E-state index is 13.2. The number of nitrogens with zero attached hydrogens (tertiary/aromatic N) is 7. The third-order valence-corrected chi connectivity index (χ3v) is 6.85. The molecule has 1 fully saturated rings. The Hall–Kier alpha value is -4.25. The lowest BCUT2D eigenvalue weighted by molar-refractivity contribution is 0.407. The van der Waals surface area contributed by atoms with Gasteiger partial charge in [0.15, 0.2) is 11.5 Å². The smallest absolute Gasteiger partial charge is 0.278 e. The summed E-state index contributed by atoms with van der Waals surface area (Å²) in [6.45, 7) is 16.2. The number of fused-ring (bicyclic) bond motifs is 1. The van der Waals surface area contributed by atoms with Gasteiger partial charge in [0, 0.05) is 48.8 Å². The highest BCUT2D eigenvalue weighted by atomic mass is 16.1. The zero-order chi connectivity index (χ0) is 27.8. The van der Waals surface area contributed by atoms with Crippen molar-refractivity contribution in [3.05, 3.63) is 75.5 Å². The van der Waals surface area contributed by atoms with E-state index in [1.807, 2.05) is 19.9 Å². The highest BCUT2D eigenvalue weighted by Gasteiger charge is 2.23.